The topological polar surface area (TPSA) is 94.3 Å². The van der Waals surface area contributed by atoms with Crippen molar-refractivity contribution < 1.29 is 8.42 Å². The van der Waals surface area contributed by atoms with Gasteiger partial charge in [-0.15, -0.1) is 0 Å². The van der Waals surface area contributed by atoms with Crippen molar-refractivity contribution in [2.45, 2.75) is 43.2 Å². The van der Waals surface area contributed by atoms with Crippen LogP contribution in [0, 0.1) is 18.3 Å². The van der Waals surface area contributed by atoms with Gasteiger partial charge in [-0.05, 0) is 50.5 Å². The number of benzene rings is 1. The summed E-state index contributed by atoms with van der Waals surface area (Å²) in [6.45, 7) is 4.43. The van der Waals surface area contributed by atoms with E-state index in [0.717, 1.165) is 38.0 Å². The Labute approximate surface area is 188 Å². The van der Waals surface area contributed by atoms with Crippen LogP contribution >= 0.6 is 11.6 Å². The minimum atomic E-state index is -3.66. The van der Waals surface area contributed by atoms with Crippen LogP contribution in [0.3, 0.4) is 0 Å². The molecule has 2 aliphatic heterocycles. The molecule has 1 aromatic carbocycles. The first kappa shape index (κ1) is 22.1. The fraction of sp³-hybridized carbons (Fsp3) is 0.524. The highest BCUT2D eigenvalue weighted by Crippen LogP contribution is 2.35. The average molecular weight is 463 g/mol. The molecule has 31 heavy (non-hydrogen) atoms. The molecule has 2 unspecified atom stereocenters. The summed E-state index contributed by atoms with van der Waals surface area (Å²) >= 11 is 6.25. The van der Waals surface area contributed by atoms with E-state index in [1.165, 1.54) is 4.68 Å². The van der Waals surface area contributed by atoms with E-state index >= 15 is 0 Å². The lowest BCUT2D eigenvalue weighted by atomic mass is 10.2. The van der Waals surface area contributed by atoms with E-state index in [-0.39, 0.29) is 22.1 Å². The van der Waals surface area contributed by atoms with Crippen LogP contribution in [0.5, 0.6) is 0 Å². The van der Waals surface area contributed by atoms with Crippen LogP contribution < -0.4 is 5.32 Å². The number of hydrogen-bond acceptors (Lipinski definition) is 6. The summed E-state index contributed by atoms with van der Waals surface area (Å²) in [6, 6.07) is 10.0. The minimum absolute atomic E-state index is 0.135. The molecule has 0 radical (unpaired) electrons. The summed E-state index contributed by atoms with van der Waals surface area (Å²) in [6.07, 6.45) is 2.99. The normalized spacial score (nSPS) is 21.9. The van der Waals surface area contributed by atoms with Gasteiger partial charge in [0.05, 0.1) is 17.3 Å². The van der Waals surface area contributed by atoms with E-state index in [2.05, 4.69) is 21.4 Å². The Kier molecular flexibility index (Phi) is 6.26. The van der Waals surface area contributed by atoms with Gasteiger partial charge < -0.3 is 5.32 Å². The van der Waals surface area contributed by atoms with Gasteiger partial charge in [-0.25, -0.2) is 8.42 Å². The average Bonchev–Trinajstić information content (AvgIpc) is 3.13. The number of anilines is 1. The molecule has 0 saturated carbocycles. The van der Waals surface area contributed by atoms with Crippen molar-refractivity contribution in [2.24, 2.45) is 7.05 Å². The monoisotopic (exact) mass is 462 g/mol. The lowest BCUT2D eigenvalue weighted by Crippen LogP contribution is -2.55. The highest BCUT2D eigenvalue weighted by molar-refractivity contribution is 7.89. The van der Waals surface area contributed by atoms with Gasteiger partial charge in [-0.1, -0.05) is 11.6 Å². The first-order chi connectivity index (χ1) is 14.8. The molecule has 8 nitrogen and oxygen atoms in total. The maximum Gasteiger partial charge on any atom is 0.248 e. The summed E-state index contributed by atoms with van der Waals surface area (Å²) < 4.78 is 29.5. The zero-order valence-corrected chi connectivity index (χ0v) is 19.3. The van der Waals surface area contributed by atoms with Crippen molar-refractivity contribution in [3.8, 4) is 6.07 Å². The molecule has 0 amide bonds. The maximum atomic E-state index is 13.3. The molecule has 2 saturated heterocycles. The number of halogens is 1. The quantitative estimate of drug-likeness (QED) is 0.635. The number of aryl methyl sites for hydroxylation is 2. The molecule has 2 bridgehead atoms. The highest BCUT2D eigenvalue weighted by Gasteiger charge is 2.44. The zero-order chi connectivity index (χ0) is 22.2. The van der Waals surface area contributed by atoms with Crippen molar-refractivity contribution in [1.29, 1.82) is 5.26 Å². The van der Waals surface area contributed by atoms with E-state index in [0.29, 0.717) is 24.3 Å². The minimum Gasteiger partial charge on any atom is -0.385 e. The number of piperazine rings is 1. The number of fused-ring (bicyclic) bond motifs is 2. The number of rotatable bonds is 7. The fourth-order valence-electron chi connectivity index (χ4n) is 4.70. The molecule has 166 valence electrons. The zero-order valence-electron chi connectivity index (χ0n) is 17.8. The van der Waals surface area contributed by atoms with E-state index in [1.807, 2.05) is 12.1 Å². The molecule has 2 atom stereocenters. The Morgan fingerprint density at radius 1 is 1.23 bits per heavy atom. The molecule has 2 fully saturated rings. The number of hydrogen-bond donors (Lipinski definition) is 1. The molecule has 2 aliphatic rings. The van der Waals surface area contributed by atoms with E-state index < -0.39 is 10.0 Å². The van der Waals surface area contributed by atoms with Crippen molar-refractivity contribution in [3.63, 3.8) is 0 Å². The highest BCUT2D eigenvalue weighted by atomic mass is 35.5. The van der Waals surface area contributed by atoms with Crippen LogP contribution in [-0.4, -0.2) is 65.7 Å². The molecule has 1 N–H and O–H groups in total. The van der Waals surface area contributed by atoms with Gasteiger partial charge in [0.25, 0.3) is 0 Å². The van der Waals surface area contributed by atoms with Crippen molar-refractivity contribution in [1.82, 2.24) is 19.0 Å². The Morgan fingerprint density at radius 2 is 1.87 bits per heavy atom. The second kappa shape index (κ2) is 8.79. The molecule has 4 rings (SSSR count). The van der Waals surface area contributed by atoms with Crippen LogP contribution in [0.1, 0.15) is 30.5 Å². The number of sulfonamides is 1. The van der Waals surface area contributed by atoms with Gasteiger partial charge in [0.2, 0.25) is 10.0 Å². The number of nitrogens with one attached hydrogen (secondary N) is 1. The Morgan fingerprint density at radius 3 is 2.42 bits per heavy atom. The molecule has 3 heterocycles. The fourth-order valence-corrected chi connectivity index (χ4v) is 6.92. The van der Waals surface area contributed by atoms with Gasteiger partial charge in [0.1, 0.15) is 10.0 Å². The Balaban J connectivity index is 1.34. The second-order valence-corrected chi connectivity index (χ2v) is 10.5. The van der Waals surface area contributed by atoms with Gasteiger partial charge in [0.15, 0.2) is 0 Å². The smallest absolute Gasteiger partial charge is 0.248 e. The molecule has 0 spiro atoms. The van der Waals surface area contributed by atoms with Gasteiger partial charge in [-0.3, -0.25) is 9.58 Å². The van der Waals surface area contributed by atoms with Crippen LogP contribution in [0.2, 0.25) is 5.15 Å². The SMILES string of the molecule is Cc1nn(C)c(Cl)c1S(=O)(=O)N1CC2CCC(C1)N2CCCNc1ccc(C#N)cc1. The Hall–Kier alpha value is -2.12. The van der Waals surface area contributed by atoms with Gasteiger partial charge in [0, 0.05) is 51.0 Å². The molecular weight excluding hydrogens is 436 g/mol. The predicted molar refractivity (Wildman–Crippen MR) is 119 cm³/mol. The lowest BCUT2D eigenvalue weighted by molar-refractivity contribution is 0.110. The summed E-state index contributed by atoms with van der Waals surface area (Å²) in [7, 11) is -2.01. The third-order valence-electron chi connectivity index (χ3n) is 6.23. The van der Waals surface area contributed by atoms with Crippen molar-refractivity contribution >= 4 is 27.3 Å². The van der Waals surface area contributed by atoms with Crippen molar-refractivity contribution in [3.05, 3.63) is 40.7 Å². The van der Waals surface area contributed by atoms with Crippen LogP contribution in [0.15, 0.2) is 29.2 Å². The molecule has 10 heteroatoms. The first-order valence-corrected chi connectivity index (χ1v) is 12.3. The second-order valence-electron chi connectivity index (χ2n) is 8.24. The van der Waals surface area contributed by atoms with Crippen LogP contribution in [-0.2, 0) is 17.1 Å². The summed E-state index contributed by atoms with van der Waals surface area (Å²) in [4.78, 5) is 2.60. The molecule has 1 aromatic heterocycles. The maximum absolute atomic E-state index is 13.3. The van der Waals surface area contributed by atoms with Crippen LogP contribution in [0.4, 0.5) is 5.69 Å². The lowest BCUT2D eigenvalue weighted by Gasteiger charge is -2.40. The largest absolute Gasteiger partial charge is 0.385 e. The Bertz CT molecular complexity index is 1080. The van der Waals surface area contributed by atoms with Gasteiger partial charge in [-0.2, -0.15) is 14.7 Å². The summed E-state index contributed by atoms with van der Waals surface area (Å²) in [5.74, 6) is 0. The first-order valence-electron chi connectivity index (χ1n) is 10.5. The molecule has 0 aliphatic carbocycles. The van der Waals surface area contributed by atoms with Crippen LogP contribution in [0.25, 0.3) is 0 Å². The number of nitrogens with zero attached hydrogens (tertiary/aromatic N) is 5. The number of nitriles is 1. The van der Waals surface area contributed by atoms with Gasteiger partial charge >= 0.3 is 0 Å². The summed E-state index contributed by atoms with van der Waals surface area (Å²) in [5, 5.41) is 16.6. The van der Waals surface area contributed by atoms with E-state index in [4.69, 9.17) is 16.9 Å². The standard InChI is InChI=1S/C21H27ClN6O2S/c1-15-20(21(22)26(2)25-15)31(29,30)27-13-18-8-9-19(14-27)28(18)11-3-10-24-17-6-4-16(12-23)5-7-17/h4-7,18-19,24H,3,8-11,13-14H2,1-2H3. The van der Waals surface area contributed by atoms with Crippen molar-refractivity contribution in [2.75, 3.05) is 31.5 Å². The third kappa shape index (κ3) is 4.30. The third-order valence-corrected chi connectivity index (χ3v) is 8.76. The predicted octanol–water partition coefficient (Wildman–Crippen LogP) is 2.59. The summed E-state index contributed by atoms with van der Waals surface area (Å²) in [5.41, 5.74) is 2.09. The molecular formula is C21H27ClN6O2S. The molecule has 2 aromatic rings. The van der Waals surface area contributed by atoms with E-state index in [1.54, 1.807) is 30.4 Å². The van der Waals surface area contributed by atoms with E-state index in [9.17, 15) is 8.42 Å². The number of aromatic nitrogens is 2.